The largest absolute Gasteiger partial charge is 0.280 e. The summed E-state index contributed by atoms with van der Waals surface area (Å²) in [6, 6.07) is 5.08. The minimum Gasteiger partial charge on any atom is -0.267 e. The lowest BCUT2D eigenvalue weighted by Gasteiger charge is -2.01. The monoisotopic (exact) mass is 345 g/mol. The molecular weight excluding hydrogens is 340 g/mol. The van der Waals surface area contributed by atoms with Crippen molar-refractivity contribution in [2.45, 2.75) is 6.54 Å². The van der Waals surface area contributed by atoms with Gasteiger partial charge in [-0.1, -0.05) is 28.8 Å². The van der Waals surface area contributed by atoms with Gasteiger partial charge in [0.1, 0.15) is 12.1 Å². The summed E-state index contributed by atoms with van der Waals surface area (Å²) in [6.45, 7) is 0.218. The molecule has 2 aromatic rings. The summed E-state index contributed by atoms with van der Waals surface area (Å²) in [7, 11) is 0. The van der Waals surface area contributed by atoms with Crippen molar-refractivity contribution < 1.29 is 0 Å². The fourth-order valence-corrected chi connectivity index (χ4v) is 1.71. The van der Waals surface area contributed by atoms with Gasteiger partial charge in [-0.05, 0) is 16.1 Å². The number of fused-ring (bicyclic) bond motifs is 1. The number of aromatic nitrogens is 3. The van der Waals surface area contributed by atoms with Gasteiger partial charge in [-0.2, -0.15) is 4.68 Å². The maximum atomic E-state index is 12.0. The van der Waals surface area contributed by atoms with Crippen molar-refractivity contribution in [3.8, 4) is 9.85 Å². The van der Waals surface area contributed by atoms with E-state index in [1.54, 1.807) is 18.2 Å². The van der Waals surface area contributed by atoms with Crippen LogP contribution in [0, 0.1) is 9.85 Å². The molecule has 1 aromatic heterocycles. The van der Waals surface area contributed by atoms with E-state index in [-0.39, 0.29) is 12.1 Å². The summed E-state index contributed by atoms with van der Waals surface area (Å²) in [5, 5.41) is 8.46. The van der Waals surface area contributed by atoms with E-state index in [4.69, 9.17) is 11.6 Å². The summed E-state index contributed by atoms with van der Waals surface area (Å²) in [5.74, 6) is 2.74. The van der Waals surface area contributed by atoms with Gasteiger partial charge in [0, 0.05) is 22.6 Å². The average Bonchev–Trinajstić information content (AvgIpc) is 2.28. The molecule has 1 heterocycles. The summed E-state index contributed by atoms with van der Waals surface area (Å²) in [5.41, 5.74) is 0.228. The van der Waals surface area contributed by atoms with Crippen LogP contribution in [0.1, 0.15) is 0 Å². The number of halogens is 2. The predicted octanol–water partition coefficient (Wildman–Crippen LogP) is 1.84. The minimum absolute atomic E-state index is 0.218. The standard InChI is InChI=1S/C10H5ClIN3O/c11-7-3-1-4-8-9(7)10(16)15(14-13-8)6-2-5-12/h1,3-4H,6H2. The van der Waals surface area contributed by atoms with E-state index in [2.05, 4.69) is 20.2 Å². The Morgan fingerprint density at radius 1 is 1.50 bits per heavy atom. The second-order valence-electron chi connectivity index (χ2n) is 2.96. The lowest BCUT2D eigenvalue weighted by atomic mass is 10.2. The number of nitrogens with zero attached hydrogens (tertiary/aromatic N) is 3. The van der Waals surface area contributed by atoms with Crippen LogP contribution in [0.2, 0.25) is 5.02 Å². The minimum atomic E-state index is -0.269. The Morgan fingerprint density at radius 3 is 3.06 bits per heavy atom. The smallest absolute Gasteiger partial charge is 0.267 e. The third-order valence-corrected chi connectivity index (χ3v) is 2.69. The first kappa shape index (κ1) is 11.4. The number of hydrogen-bond donors (Lipinski definition) is 0. The zero-order valence-electron chi connectivity index (χ0n) is 7.94. The van der Waals surface area contributed by atoms with E-state index in [1.807, 2.05) is 22.6 Å². The second kappa shape index (κ2) is 4.80. The Bertz CT molecular complexity index is 656. The molecule has 80 valence electrons. The second-order valence-corrected chi connectivity index (χ2v) is 3.90. The predicted molar refractivity (Wildman–Crippen MR) is 70.6 cm³/mol. The molecule has 0 amide bonds. The maximum absolute atomic E-state index is 12.0. The molecule has 0 bridgehead atoms. The maximum Gasteiger partial charge on any atom is 0.280 e. The van der Waals surface area contributed by atoms with Gasteiger partial charge in [-0.15, -0.1) is 5.10 Å². The van der Waals surface area contributed by atoms with E-state index >= 15 is 0 Å². The Labute approximate surface area is 110 Å². The number of hydrogen-bond acceptors (Lipinski definition) is 3. The first-order valence-corrected chi connectivity index (χ1v) is 5.80. The Morgan fingerprint density at radius 2 is 2.31 bits per heavy atom. The quantitative estimate of drug-likeness (QED) is 0.585. The van der Waals surface area contributed by atoms with E-state index in [1.165, 1.54) is 4.68 Å². The molecule has 0 aliphatic carbocycles. The van der Waals surface area contributed by atoms with E-state index < -0.39 is 0 Å². The zero-order chi connectivity index (χ0) is 11.5. The van der Waals surface area contributed by atoms with Crippen LogP contribution in [0.25, 0.3) is 10.9 Å². The summed E-state index contributed by atoms with van der Waals surface area (Å²) < 4.78 is 3.86. The van der Waals surface area contributed by atoms with Gasteiger partial charge in [0.05, 0.1) is 10.4 Å². The summed E-state index contributed by atoms with van der Waals surface area (Å²) in [4.78, 5) is 12.0. The Balaban J connectivity index is 2.72. The molecule has 0 N–H and O–H groups in total. The van der Waals surface area contributed by atoms with Crippen LogP contribution in [0.15, 0.2) is 23.0 Å². The molecule has 0 saturated heterocycles. The van der Waals surface area contributed by atoms with Crippen molar-refractivity contribution in [2.24, 2.45) is 0 Å². The van der Waals surface area contributed by atoms with Gasteiger partial charge in [-0.25, -0.2) is 0 Å². The van der Waals surface area contributed by atoms with Gasteiger partial charge in [-0.3, -0.25) is 4.79 Å². The lowest BCUT2D eigenvalue weighted by Crippen LogP contribution is -2.24. The van der Waals surface area contributed by atoms with Crippen molar-refractivity contribution in [2.75, 3.05) is 0 Å². The number of benzene rings is 1. The molecule has 4 nitrogen and oxygen atoms in total. The molecule has 0 atom stereocenters. The van der Waals surface area contributed by atoms with Crippen LogP contribution < -0.4 is 5.56 Å². The van der Waals surface area contributed by atoms with Gasteiger partial charge in [0.2, 0.25) is 0 Å². The SMILES string of the molecule is O=c1c2c(Cl)cccc2nnn1CC#CI. The van der Waals surface area contributed by atoms with Crippen LogP contribution in [0.3, 0.4) is 0 Å². The Kier molecular flexibility index (Phi) is 3.41. The van der Waals surface area contributed by atoms with E-state index in [9.17, 15) is 4.79 Å². The fourth-order valence-electron chi connectivity index (χ4n) is 1.29. The molecule has 0 aliphatic rings. The molecule has 0 aliphatic heterocycles. The van der Waals surface area contributed by atoms with Crippen molar-refractivity contribution in [1.82, 2.24) is 15.0 Å². The van der Waals surface area contributed by atoms with Gasteiger partial charge >= 0.3 is 0 Å². The fraction of sp³-hybridized carbons (Fsp3) is 0.100. The number of rotatable bonds is 1. The van der Waals surface area contributed by atoms with Crippen molar-refractivity contribution in [3.63, 3.8) is 0 Å². The highest BCUT2D eigenvalue weighted by Gasteiger charge is 2.07. The van der Waals surface area contributed by atoms with Crippen LogP contribution in [-0.2, 0) is 6.54 Å². The van der Waals surface area contributed by atoms with Crippen LogP contribution >= 0.6 is 34.2 Å². The molecule has 2 rings (SSSR count). The van der Waals surface area contributed by atoms with Crippen molar-refractivity contribution >= 4 is 45.1 Å². The molecule has 0 unspecified atom stereocenters. The highest BCUT2D eigenvalue weighted by Crippen LogP contribution is 2.16. The van der Waals surface area contributed by atoms with Crippen molar-refractivity contribution in [1.29, 1.82) is 0 Å². The molecule has 0 fully saturated rings. The third kappa shape index (κ3) is 2.03. The molecule has 16 heavy (non-hydrogen) atoms. The van der Waals surface area contributed by atoms with Gasteiger partial charge < -0.3 is 0 Å². The van der Waals surface area contributed by atoms with Gasteiger partial charge in [0.25, 0.3) is 5.56 Å². The molecule has 0 saturated carbocycles. The first-order valence-electron chi connectivity index (χ1n) is 4.34. The van der Waals surface area contributed by atoms with E-state index in [0.717, 1.165) is 0 Å². The normalized spacial score (nSPS) is 9.88. The average molecular weight is 346 g/mol. The topological polar surface area (TPSA) is 47.8 Å². The zero-order valence-corrected chi connectivity index (χ0v) is 10.9. The summed E-state index contributed by atoms with van der Waals surface area (Å²) >= 11 is 7.85. The first-order chi connectivity index (χ1) is 7.74. The molecule has 0 radical (unpaired) electrons. The highest BCUT2D eigenvalue weighted by atomic mass is 127. The molecule has 0 spiro atoms. The summed E-state index contributed by atoms with van der Waals surface area (Å²) in [6.07, 6.45) is 0. The van der Waals surface area contributed by atoms with Crippen LogP contribution in [-0.4, -0.2) is 15.0 Å². The molecule has 6 heteroatoms. The lowest BCUT2D eigenvalue weighted by molar-refractivity contribution is 0.620. The van der Waals surface area contributed by atoms with Crippen LogP contribution in [0.5, 0.6) is 0 Å². The van der Waals surface area contributed by atoms with Gasteiger partial charge in [0.15, 0.2) is 0 Å². The highest BCUT2D eigenvalue weighted by molar-refractivity contribution is 14.1. The third-order valence-electron chi connectivity index (χ3n) is 2.00. The Hall–Kier alpha value is -1.13. The van der Waals surface area contributed by atoms with Crippen molar-refractivity contribution in [3.05, 3.63) is 33.6 Å². The van der Waals surface area contributed by atoms with E-state index in [0.29, 0.717) is 15.9 Å². The van der Waals surface area contributed by atoms with Crippen LogP contribution in [0.4, 0.5) is 0 Å². The molecule has 1 aromatic carbocycles. The molecular formula is C10H5ClIN3O.